The Balaban J connectivity index is 2.52. The lowest BCUT2D eigenvalue weighted by molar-refractivity contribution is -0.136. The Morgan fingerprint density at radius 2 is 2.05 bits per heavy atom. The topological polar surface area (TPSA) is 96.0 Å². The molecule has 1 aromatic rings. The Morgan fingerprint density at radius 3 is 2.62 bits per heavy atom. The molecule has 1 aliphatic rings. The van der Waals surface area contributed by atoms with Crippen LogP contribution in [-0.4, -0.2) is 41.0 Å². The molecule has 1 heterocycles. The van der Waals surface area contributed by atoms with Crippen molar-refractivity contribution in [2.45, 2.75) is 38.4 Å². The summed E-state index contributed by atoms with van der Waals surface area (Å²) in [6.07, 6.45) is 0.0100. The number of fused-ring (bicyclic) bond motifs is 1. The number of nitrogen functional groups attached to an aromatic ring is 1. The highest BCUT2D eigenvalue weighted by atomic mass is 16.5. The van der Waals surface area contributed by atoms with E-state index >= 15 is 0 Å². The number of aliphatic hydroxyl groups excluding tert-OH is 2. The van der Waals surface area contributed by atoms with Crippen LogP contribution in [0.3, 0.4) is 0 Å². The SMILES string of the molecule is CCC1(CC)Oc2cccc(N)c2N(CC(O)CO)C1=O. The van der Waals surface area contributed by atoms with Crippen LogP contribution in [0.1, 0.15) is 26.7 Å². The van der Waals surface area contributed by atoms with E-state index in [0.29, 0.717) is 30.0 Å². The number of ether oxygens (including phenoxy) is 1. The molecule has 6 nitrogen and oxygen atoms in total. The zero-order chi connectivity index (χ0) is 15.6. The van der Waals surface area contributed by atoms with E-state index in [2.05, 4.69) is 0 Å². The predicted octanol–water partition coefficient (Wildman–Crippen LogP) is 0.906. The van der Waals surface area contributed by atoms with Gasteiger partial charge in [-0.15, -0.1) is 0 Å². The van der Waals surface area contributed by atoms with Gasteiger partial charge in [-0.3, -0.25) is 4.79 Å². The average Bonchev–Trinajstić information content (AvgIpc) is 2.49. The molecule has 0 aliphatic carbocycles. The molecule has 0 aromatic heterocycles. The molecule has 21 heavy (non-hydrogen) atoms. The van der Waals surface area contributed by atoms with Gasteiger partial charge in [-0.2, -0.15) is 0 Å². The second kappa shape index (κ2) is 5.91. The minimum Gasteiger partial charge on any atom is -0.475 e. The number of carbonyl (C=O) groups is 1. The van der Waals surface area contributed by atoms with Crippen LogP contribution in [0.2, 0.25) is 0 Å². The Bertz CT molecular complexity index is 528. The molecule has 116 valence electrons. The monoisotopic (exact) mass is 294 g/mol. The lowest BCUT2D eigenvalue weighted by atomic mass is 9.92. The first-order valence-electron chi connectivity index (χ1n) is 7.17. The van der Waals surface area contributed by atoms with Crippen LogP contribution in [0.4, 0.5) is 11.4 Å². The van der Waals surface area contributed by atoms with Crippen LogP contribution >= 0.6 is 0 Å². The molecule has 6 heteroatoms. The Hall–Kier alpha value is -1.79. The van der Waals surface area contributed by atoms with Crippen LogP contribution in [0.15, 0.2) is 18.2 Å². The molecule has 4 N–H and O–H groups in total. The maximum atomic E-state index is 12.8. The number of amides is 1. The smallest absolute Gasteiger partial charge is 0.271 e. The fourth-order valence-electron chi connectivity index (χ4n) is 2.65. The minimum absolute atomic E-state index is 0.0122. The number of β-amino-alcohol motifs (C(OH)–C–C–N with tert-alkyl or cyclic N) is 1. The highest BCUT2D eigenvalue weighted by Crippen LogP contribution is 2.43. The molecule has 0 bridgehead atoms. The first-order chi connectivity index (χ1) is 9.99. The summed E-state index contributed by atoms with van der Waals surface area (Å²) in [5, 5.41) is 18.8. The number of hydrogen-bond acceptors (Lipinski definition) is 5. The lowest BCUT2D eigenvalue weighted by Crippen LogP contribution is -2.57. The van der Waals surface area contributed by atoms with Crippen molar-refractivity contribution in [1.82, 2.24) is 0 Å². The normalized spacial score (nSPS) is 18.1. The molecule has 2 rings (SSSR count). The van der Waals surface area contributed by atoms with Crippen LogP contribution in [0.25, 0.3) is 0 Å². The van der Waals surface area contributed by atoms with Crippen molar-refractivity contribution < 1.29 is 19.7 Å². The van der Waals surface area contributed by atoms with E-state index in [9.17, 15) is 9.90 Å². The second-order valence-electron chi connectivity index (χ2n) is 5.25. The minimum atomic E-state index is -1.02. The van der Waals surface area contributed by atoms with E-state index in [0.717, 1.165) is 0 Å². The molecular weight excluding hydrogens is 272 g/mol. The summed E-state index contributed by atoms with van der Waals surface area (Å²) in [7, 11) is 0. The van der Waals surface area contributed by atoms with Crippen molar-refractivity contribution in [3.05, 3.63) is 18.2 Å². The van der Waals surface area contributed by atoms with Gasteiger partial charge in [-0.05, 0) is 25.0 Å². The summed E-state index contributed by atoms with van der Waals surface area (Å²) in [6, 6.07) is 5.20. The van der Waals surface area contributed by atoms with E-state index in [-0.39, 0.29) is 12.5 Å². The molecular formula is C15H22N2O4. The number of para-hydroxylation sites is 1. The summed E-state index contributed by atoms with van der Waals surface area (Å²) < 4.78 is 5.94. The molecule has 0 saturated heterocycles. The van der Waals surface area contributed by atoms with Crippen LogP contribution in [0, 0.1) is 0 Å². The third-order valence-electron chi connectivity index (χ3n) is 3.99. The number of nitrogens with zero attached hydrogens (tertiary/aromatic N) is 1. The standard InChI is InChI=1S/C15H22N2O4/c1-3-15(4-2)14(20)17(8-10(19)9-18)13-11(16)6-5-7-12(13)21-15/h5-7,10,18-19H,3-4,8-9,16H2,1-2H3. The molecule has 0 fully saturated rings. The summed E-state index contributed by atoms with van der Waals surface area (Å²) >= 11 is 0. The predicted molar refractivity (Wildman–Crippen MR) is 80.2 cm³/mol. The third-order valence-corrected chi connectivity index (χ3v) is 3.99. The first kappa shape index (κ1) is 15.6. The number of hydrogen-bond donors (Lipinski definition) is 3. The summed E-state index contributed by atoms with van der Waals surface area (Å²) in [4.78, 5) is 14.3. The summed E-state index contributed by atoms with van der Waals surface area (Å²) in [5.74, 6) is 0.300. The van der Waals surface area contributed by atoms with E-state index in [1.807, 2.05) is 13.8 Å². The largest absolute Gasteiger partial charge is 0.475 e. The molecule has 0 saturated carbocycles. The van der Waals surface area contributed by atoms with E-state index < -0.39 is 18.3 Å². The molecule has 1 unspecified atom stereocenters. The highest BCUT2D eigenvalue weighted by molar-refractivity contribution is 6.05. The molecule has 0 radical (unpaired) electrons. The van der Waals surface area contributed by atoms with Crippen molar-refractivity contribution in [3.8, 4) is 5.75 Å². The van der Waals surface area contributed by atoms with Crippen molar-refractivity contribution in [1.29, 1.82) is 0 Å². The van der Waals surface area contributed by atoms with Crippen molar-refractivity contribution in [2.75, 3.05) is 23.8 Å². The molecule has 1 aromatic carbocycles. The quantitative estimate of drug-likeness (QED) is 0.701. The maximum absolute atomic E-state index is 12.8. The van der Waals surface area contributed by atoms with Gasteiger partial charge in [-0.25, -0.2) is 0 Å². The summed E-state index contributed by atoms with van der Waals surface area (Å²) in [5.41, 5.74) is 5.89. The number of anilines is 2. The van der Waals surface area contributed by atoms with Gasteiger partial charge in [0.2, 0.25) is 0 Å². The van der Waals surface area contributed by atoms with Gasteiger partial charge in [0.05, 0.1) is 24.9 Å². The molecule has 1 atom stereocenters. The fraction of sp³-hybridized carbons (Fsp3) is 0.533. The molecule has 1 aliphatic heterocycles. The lowest BCUT2D eigenvalue weighted by Gasteiger charge is -2.42. The van der Waals surface area contributed by atoms with Gasteiger partial charge in [-0.1, -0.05) is 19.9 Å². The van der Waals surface area contributed by atoms with Crippen LogP contribution in [0.5, 0.6) is 5.75 Å². The Kier molecular flexibility index (Phi) is 4.39. The average molecular weight is 294 g/mol. The van der Waals surface area contributed by atoms with E-state index in [1.54, 1.807) is 18.2 Å². The van der Waals surface area contributed by atoms with Gasteiger partial charge < -0.3 is 25.6 Å². The van der Waals surface area contributed by atoms with Crippen molar-refractivity contribution >= 4 is 17.3 Å². The summed E-state index contributed by atoms with van der Waals surface area (Å²) in [6.45, 7) is 3.35. The van der Waals surface area contributed by atoms with Crippen LogP contribution in [-0.2, 0) is 4.79 Å². The Morgan fingerprint density at radius 1 is 1.38 bits per heavy atom. The van der Waals surface area contributed by atoms with Crippen molar-refractivity contribution in [2.24, 2.45) is 0 Å². The number of carbonyl (C=O) groups excluding carboxylic acids is 1. The Labute approximate surface area is 124 Å². The van der Waals surface area contributed by atoms with Gasteiger partial charge in [0.1, 0.15) is 11.4 Å². The zero-order valence-corrected chi connectivity index (χ0v) is 12.4. The molecule has 0 spiro atoms. The zero-order valence-electron chi connectivity index (χ0n) is 12.4. The number of aliphatic hydroxyl groups is 2. The van der Waals surface area contributed by atoms with Crippen LogP contribution < -0.4 is 15.4 Å². The third kappa shape index (κ3) is 2.56. The number of benzene rings is 1. The van der Waals surface area contributed by atoms with E-state index in [1.165, 1.54) is 4.90 Å². The van der Waals surface area contributed by atoms with E-state index in [4.69, 9.17) is 15.6 Å². The van der Waals surface area contributed by atoms with Gasteiger partial charge in [0, 0.05) is 0 Å². The first-order valence-corrected chi connectivity index (χ1v) is 7.17. The van der Waals surface area contributed by atoms with Crippen molar-refractivity contribution in [3.63, 3.8) is 0 Å². The van der Waals surface area contributed by atoms with Gasteiger partial charge in [0.15, 0.2) is 5.60 Å². The molecule has 1 amide bonds. The van der Waals surface area contributed by atoms with Gasteiger partial charge >= 0.3 is 0 Å². The number of nitrogens with two attached hydrogens (primary N) is 1. The second-order valence-corrected chi connectivity index (χ2v) is 5.25. The number of rotatable bonds is 5. The fourth-order valence-corrected chi connectivity index (χ4v) is 2.65. The maximum Gasteiger partial charge on any atom is 0.271 e. The van der Waals surface area contributed by atoms with Gasteiger partial charge in [0.25, 0.3) is 5.91 Å². The highest BCUT2D eigenvalue weighted by Gasteiger charge is 2.46.